The molecule has 0 atom stereocenters. The van der Waals surface area contributed by atoms with Crippen molar-refractivity contribution in [3.63, 3.8) is 0 Å². The highest BCUT2D eigenvalue weighted by molar-refractivity contribution is 5.70. The maximum atomic E-state index is 12.9. The number of rotatable bonds is 1. The van der Waals surface area contributed by atoms with E-state index >= 15 is 0 Å². The first-order chi connectivity index (χ1) is 7.00. The van der Waals surface area contributed by atoms with Gasteiger partial charge in [0.2, 0.25) is 0 Å². The average molecular weight is 214 g/mol. The lowest BCUT2D eigenvalue weighted by molar-refractivity contribution is -0.135. The second-order valence-electron chi connectivity index (χ2n) is 2.62. The molecule has 0 fully saturated rings. The molecule has 0 amide bonds. The highest BCUT2D eigenvalue weighted by Crippen LogP contribution is 2.13. The van der Waals surface area contributed by atoms with E-state index in [0.717, 1.165) is 0 Å². The number of halogens is 3. The number of hydrogen-bond donors (Lipinski definition) is 1. The zero-order valence-corrected chi connectivity index (χ0v) is 7.35. The van der Waals surface area contributed by atoms with Crippen LogP contribution in [0.25, 0.3) is 0 Å². The SMILES string of the molecule is O=C(O)CC#Cc1c(F)cc(F)cc1F. The van der Waals surface area contributed by atoms with Gasteiger partial charge in [-0.15, -0.1) is 0 Å². The van der Waals surface area contributed by atoms with Crippen LogP contribution in [0.4, 0.5) is 13.2 Å². The van der Waals surface area contributed by atoms with Gasteiger partial charge in [-0.1, -0.05) is 11.8 Å². The summed E-state index contributed by atoms with van der Waals surface area (Å²) in [6, 6.07) is 0.960. The molecule has 78 valence electrons. The monoisotopic (exact) mass is 214 g/mol. The maximum Gasteiger partial charge on any atom is 0.315 e. The van der Waals surface area contributed by atoms with Crippen molar-refractivity contribution >= 4 is 5.97 Å². The number of hydrogen-bond acceptors (Lipinski definition) is 1. The van der Waals surface area contributed by atoms with E-state index < -0.39 is 35.4 Å². The van der Waals surface area contributed by atoms with E-state index in [1.165, 1.54) is 0 Å². The van der Waals surface area contributed by atoms with Crippen molar-refractivity contribution in [1.29, 1.82) is 0 Å². The van der Waals surface area contributed by atoms with Crippen molar-refractivity contribution in [3.05, 3.63) is 35.1 Å². The summed E-state index contributed by atoms with van der Waals surface area (Å²) in [6.07, 6.45) is -0.531. The van der Waals surface area contributed by atoms with Crippen LogP contribution in [0.1, 0.15) is 12.0 Å². The van der Waals surface area contributed by atoms with Gasteiger partial charge < -0.3 is 5.11 Å². The summed E-state index contributed by atoms with van der Waals surface area (Å²) in [5, 5.41) is 8.22. The molecule has 0 heterocycles. The van der Waals surface area contributed by atoms with Gasteiger partial charge in [0.05, 0.1) is 5.56 Å². The second-order valence-corrected chi connectivity index (χ2v) is 2.62. The molecule has 0 bridgehead atoms. The minimum Gasteiger partial charge on any atom is -0.481 e. The first-order valence-corrected chi connectivity index (χ1v) is 3.86. The molecule has 0 aliphatic heterocycles. The molecule has 0 saturated heterocycles. The summed E-state index contributed by atoms with van der Waals surface area (Å²) in [7, 11) is 0. The molecule has 0 aromatic heterocycles. The lowest BCUT2D eigenvalue weighted by atomic mass is 10.2. The first-order valence-electron chi connectivity index (χ1n) is 3.86. The van der Waals surface area contributed by atoms with Crippen molar-refractivity contribution in [2.75, 3.05) is 0 Å². The standard InChI is InChI=1S/C10H5F3O2/c11-6-4-8(12)7(9(13)5-6)2-1-3-10(14)15/h4-5H,3H2,(H,14,15). The molecule has 0 unspecified atom stereocenters. The van der Waals surface area contributed by atoms with Gasteiger partial charge in [-0.3, -0.25) is 4.79 Å². The molecule has 0 aliphatic rings. The molecule has 0 spiro atoms. The summed E-state index contributed by atoms with van der Waals surface area (Å²) < 4.78 is 38.2. The fourth-order valence-corrected chi connectivity index (χ4v) is 0.870. The molecule has 0 aliphatic carbocycles. The average Bonchev–Trinajstić information content (AvgIpc) is 2.08. The molecule has 1 aromatic rings. The normalized spacial score (nSPS) is 9.27. The van der Waals surface area contributed by atoms with Crippen LogP contribution in [0.5, 0.6) is 0 Å². The van der Waals surface area contributed by atoms with Crippen molar-refractivity contribution in [2.45, 2.75) is 6.42 Å². The van der Waals surface area contributed by atoms with Gasteiger partial charge in [-0.05, 0) is 0 Å². The summed E-state index contributed by atoms with van der Waals surface area (Å²) in [5.74, 6) is -0.504. The molecular formula is C10H5F3O2. The molecule has 0 saturated carbocycles. The van der Waals surface area contributed by atoms with Crippen LogP contribution in [-0.2, 0) is 4.79 Å². The first kappa shape index (κ1) is 11.1. The van der Waals surface area contributed by atoms with E-state index in [9.17, 15) is 18.0 Å². The smallest absolute Gasteiger partial charge is 0.315 e. The summed E-state index contributed by atoms with van der Waals surface area (Å²) >= 11 is 0. The van der Waals surface area contributed by atoms with Crippen LogP contribution < -0.4 is 0 Å². The van der Waals surface area contributed by atoms with E-state index in [-0.39, 0.29) is 0 Å². The zero-order valence-electron chi connectivity index (χ0n) is 7.35. The molecule has 5 heteroatoms. The van der Waals surface area contributed by atoms with Crippen LogP contribution in [0.2, 0.25) is 0 Å². The Morgan fingerprint density at radius 1 is 1.27 bits per heavy atom. The van der Waals surface area contributed by atoms with Crippen LogP contribution >= 0.6 is 0 Å². The number of carboxylic acid groups (broad SMARTS) is 1. The van der Waals surface area contributed by atoms with Gasteiger partial charge in [-0.2, -0.15) is 0 Å². The molecular weight excluding hydrogens is 209 g/mol. The Kier molecular flexibility index (Phi) is 3.34. The Morgan fingerprint density at radius 3 is 2.27 bits per heavy atom. The lowest BCUT2D eigenvalue weighted by Gasteiger charge is -1.96. The van der Waals surface area contributed by atoms with E-state index in [1.54, 1.807) is 0 Å². The van der Waals surface area contributed by atoms with E-state index in [0.29, 0.717) is 12.1 Å². The predicted molar refractivity (Wildman–Crippen MR) is 45.4 cm³/mol. The zero-order chi connectivity index (χ0) is 11.4. The third-order valence-electron chi connectivity index (χ3n) is 1.46. The Hall–Kier alpha value is -1.96. The van der Waals surface area contributed by atoms with Crippen molar-refractivity contribution in [2.24, 2.45) is 0 Å². The fraction of sp³-hybridized carbons (Fsp3) is 0.100. The third kappa shape index (κ3) is 3.02. The largest absolute Gasteiger partial charge is 0.481 e. The van der Waals surface area contributed by atoms with Gasteiger partial charge >= 0.3 is 5.97 Å². The highest BCUT2D eigenvalue weighted by Gasteiger charge is 2.08. The molecule has 1 N–H and O–H groups in total. The quantitative estimate of drug-likeness (QED) is 0.725. The van der Waals surface area contributed by atoms with E-state index in [2.05, 4.69) is 5.92 Å². The van der Waals surface area contributed by atoms with Crippen LogP contribution in [0.3, 0.4) is 0 Å². The number of carbonyl (C=O) groups is 1. The summed E-state index contributed by atoms with van der Waals surface area (Å²) in [6.45, 7) is 0. The molecule has 2 nitrogen and oxygen atoms in total. The van der Waals surface area contributed by atoms with Crippen molar-refractivity contribution in [3.8, 4) is 11.8 Å². The number of carboxylic acids is 1. The van der Waals surface area contributed by atoms with Gasteiger partial charge in [0.1, 0.15) is 23.9 Å². The molecule has 1 aromatic carbocycles. The van der Waals surface area contributed by atoms with Crippen molar-refractivity contribution in [1.82, 2.24) is 0 Å². The molecule has 0 radical (unpaired) electrons. The lowest BCUT2D eigenvalue weighted by Crippen LogP contribution is -1.94. The molecule has 1 rings (SSSR count). The summed E-state index contributed by atoms with van der Waals surface area (Å²) in [4.78, 5) is 10.1. The van der Waals surface area contributed by atoms with Crippen molar-refractivity contribution < 1.29 is 23.1 Å². The maximum absolute atomic E-state index is 12.9. The Labute approximate surface area is 83.3 Å². The van der Waals surface area contributed by atoms with Gasteiger partial charge in [0.15, 0.2) is 0 Å². The minimum absolute atomic E-state index is 0.480. The molecule has 15 heavy (non-hydrogen) atoms. The second kappa shape index (κ2) is 4.51. The van der Waals surface area contributed by atoms with Crippen LogP contribution in [-0.4, -0.2) is 11.1 Å². The fourth-order valence-electron chi connectivity index (χ4n) is 0.870. The third-order valence-corrected chi connectivity index (χ3v) is 1.46. The number of benzene rings is 1. The van der Waals surface area contributed by atoms with Gasteiger partial charge in [0, 0.05) is 12.1 Å². The van der Waals surface area contributed by atoms with Crippen LogP contribution in [0.15, 0.2) is 12.1 Å². The Bertz CT molecular complexity index is 434. The van der Waals surface area contributed by atoms with E-state index in [4.69, 9.17) is 5.11 Å². The topological polar surface area (TPSA) is 37.3 Å². The number of aliphatic carboxylic acids is 1. The highest BCUT2D eigenvalue weighted by atomic mass is 19.1. The van der Waals surface area contributed by atoms with Gasteiger partial charge in [-0.25, -0.2) is 13.2 Å². The Balaban J connectivity index is 3.03. The van der Waals surface area contributed by atoms with E-state index in [1.807, 2.05) is 5.92 Å². The van der Waals surface area contributed by atoms with Gasteiger partial charge in [0.25, 0.3) is 0 Å². The van der Waals surface area contributed by atoms with Crippen LogP contribution in [0, 0.1) is 29.3 Å². The predicted octanol–water partition coefficient (Wildman–Crippen LogP) is 1.93. The summed E-state index contributed by atoms with van der Waals surface area (Å²) in [5.41, 5.74) is -0.627. The minimum atomic E-state index is -1.20. The Morgan fingerprint density at radius 2 is 1.80 bits per heavy atom.